The van der Waals surface area contributed by atoms with Gasteiger partial charge in [-0.05, 0) is 46.1 Å². The summed E-state index contributed by atoms with van der Waals surface area (Å²) < 4.78 is 12.8. The summed E-state index contributed by atoms with van der Waals surface area (Å²) >= 11 is 1.59. The van der Waals surface area contributed by atoms with Crippen molar-refractivity contribution in [2.24, 2.45) is 0 Å². The number of oxazole rings is 1. The molecule has 0 spiro atoms. The molecule has 0 atom stereocenters. The van der Waals surface area contributed by atoms with E-state index >= 15 is 0 Å². The molecule has 0 saturated heterocycles. The van der Waals surface area contributed by atoms with Crippen LogP contribution in [0.15, 0.2) is 58.8 Å². The summed E-state index contributed by atoms with van der Waals surface area (Å²) in [4.78, 5) is 5.42. The predicted molar refractivity (Wildman–Crippen MR) is 83.3 cm³/mol. The zero-order valence-electron chi connectivity index (χ0n) is 11.9. The van der Waals surface area contributed by atoms with Crippen LogP contribution in [0.5, 0.6) is 5.75 Å². The van der Waals surface area contributed by atoms with Gasteiger partial charge in [0.2, 0.25) is 5.89 Å². The molecule has 0 unspecified atom stereocenters. The number of tetrazole rings is 1. The number of rotatable bonds is 5. The lowest BCUT2D eigenvalue weighted by Gasteiger charge is -2.05. The average molecular weight is 325 g/mol. The van der Waals surface area contributed by atoms with Gasteiger partial charge in [0, 0.05) is 0 Å². The van der Waals surface area contributed by atoms with Crippen LogP contribution in [0.3, 0.4) is 0 Å². The van der Waals surface area contributed by atoms with Gasteiger partial charge in [0.05, 0.1) is 10.6 Å². The second-order valence-corrected chi connectivity index (χ2v) is 5.61. The number of hydrogen-bond acceptors (Lipinski definition) is 7. The van der Waals surface area contributed by atoms with Crippen LogP contribution in [0.4, 0.5) is 0 Å². The molecule has 8 heteroatoms. The van der Waals surface area contributed by atoms with Gasteiger partial charge in [-0.25, -0.2) is 9.67 Å². The summed E-state index contributed by atoms with van der Waals surface area (Å²) in [6.45, 7) is 0.346. The molecule has 3 aromatic heterocycles. The fourth-order valence-electron chi connectivity index (χ4n) is 2.02. The van der Waals surface area contributed by atoms with Gasteiger partial charge in [-0.15, -0.1) is 16.4 Å². The Morgan fingerprint density at radius 3 is 2.83 bits per heavy atom. The van der Waals surface area contributed by atoms with Crippen LogP contribution in [0.1, 0.15) is 5.69 Å². The van der Waals surface area contributed by atoms with E-state index < -0.39 is 0 Å². The van der Waals surface area contributed by atoms with Crippen LogP contribution in [-0.4, -0.2) is 25.2 Å². The molecule has 3 heterocycles. The monoisotopic (exact) mass is 325 g/mol. The van der Waals surface area contributed by atoms with Gasteiger partial charge in [-0.1, -0.05) is 6.07 Å². The maximum atomic E-state index is 5.72. The largest absolute Gasteiger partial charge is 0.487 e. The molecular formula is C15H11N5O2S. The maximum Gasteiger partial charge on any atom is 0.236 e. The van der Waals surface area contributed by atoms with Crippen LogP contribution < -0.4 is 4.74 Å². The van der Waals surface area contributed by atoms with Gasteiger partial charge < -0.3 is 9.15 Å². The summed E-state index contributed by atoms with van der Waals surface area (Å²) in [6.07, 6.45) is 3.15. The fraction of sp³-hybridized carbons (Fsp3) is 0.0667. The summed E-state index contributed by atoms with van der Waals surface area (Å²) in [5.41, 5.74) is 1.61. The van der Waals surface area contributed by atoms with Gasteiger partial charge in [0.25, 0.3) is 0 Å². The van der Waals surface area contributed by atoms with Crippen molar-refractivity contribution in [1.82, 2.24) is 25.2 Å². The quantitative estimate of drug-likeness (QED) is 0.561. The highest BCUT2D eigenvalue weighted by molar-refractivity contribution is 7.13. The summed E-state index contributed by atoms with van der Waals surface area (Å²) in [5, 5.41) is 13.0. The summed E-state index contributed by atoms with van der Waals surface area (Å²) in [6, 6.07) is 11.4. The van der Waals surface area contributed by atoms with Crippen LogP contribution in [0, 0.1) is 0 Å². The van der Waals surface area contributed by atoms with Crippen molar-refractivity contribution in [3.8, 4) is 22.2 Å². The smallest absolute Gasteiger partial charge is 0.236 e. The van der Waals surface area contributed by atoms with E-state index in [1.807, 2.05) is 41.8 Å². The molecule has 4 rings (SSSR count). The SMILES string of the molecule is c1csc(-c2nc(COc3ccc(-n4cnnn4)cc3)co2)c1. The van der Waals surface area contributed by atoms with E-state index in [2.05, 4.69) is 20.5 Å². The zero-order chi connectivity index (χ0) is 15.5. The first-order valence-electron chi connectivity index (χ1n) is 6.83. The highest BCUT2D eigenvalue weighted by Crippen LogP contribution is 2.24. The Morgan fingerprint density at radius 1 is 1.17 bits per heavy atom. The molecule has 0 aliphatic heterocycles. The second-order valence-electron chi connectivity index (χ2n) is 4.66. The third-order valence-electron chi connectivity index (χ3n) is 3.12. The van der Waals surface area contributed by atoms with Crippen molar-refractivity contribution >= 4 is 11.3 Å². The number of nitrogens with zero attached hydrogens (tertiary/aromatic N) is 5. The Hall–Kier alpha value is -3.00. The molecule has 1 aromatic carbocycles. The van der Waals surface area contributed by atoms with Gasteiger partial charge in [-0.2, -0.15) is 0 Å². The predicted octanol–water partition coefficient (Wildman–Crippen LogP) is 2.96. The van der Waals surface area contributed by atoms with Crippen molar-refractivity contribution in [2.45, 2.75) is 6.61 Å². The van der Waals surface area contributed by atoms with Crippen LogP contribution in [-0.2, 0) is 6.61 Å². The molecule has 114 valence electrons. The summed E-state index contributed by atoms with van der Waals surface area (Å²) in [5.74, 6) is 1.36. The van der Waals surface area contributed by atoms with Crippen molar-refractivity contribution in [3.05, 3.63) is 60.1 Å². The molecule has 0 aliphatic rings. The minimum Gasteiger partial charge on any atom is -0.487 e. The lowest BCUT2D eigenvalue weighted by atomic mass is 10.3. The number of ether oxygens (including phenoxy) is 1. The van der Waals surface area contributed by atoms with E-state index in [9.17, 15) is 0 Å². The lowest BCUT2D eigenvalue weighted by molar-refractivity contribution is 0.301. The van der Waals surface area contributed by atoms with E-state index in [1.165, 1.54) is 6.33 Å². The van der Waals surface area contributed by atoms with Crippen molar-refractivity contribution in [2.75, 3.05) is 0 Å². The molecule has 0 N–H and O–H groups in total. The molecule has 0 amide bonds. The van der Waals surface area contributed by atoms with Crippen LogP contribution in [0.2, 0.25) is 0 Å². The van der Waals surface area contributed by atoms with Gasteiger partial charge in [-0.3, -0.25) is 0 Å². The van der Waals surface area contributed by atoms with Crippen LogP contribution in [0.25, 0.3) is 16.5 Å². The Bertz CT molecular complexity index is 869. The second kappa shape index (κ2) is 6.01. The van der Waals surface area contributed by atoms with Gasteiger partial charge in [0.15, 0.2) is 0 Å². The highest BCUT2D eigenvalue weighted by atomic mass is 32.1. The Kier molecular flexibility index (Phi) is 3.57. The van der Waals surface area contributed by atoms with Gasteiger partial charge in [0.1, 0.15) is 30.6 Å². The number of aromatic nitrogens is 5. The van der Waals surface area contributed by atoms with E-state index in [-0.39, 0.29) is 0 Å². The topological polar surface area (TPSA) is 78.9 Å². The highest BCUT2D eigenvalue weighted by Gasteiger charge is 2.08. The molecule has 0 aliphatic carbocycles. The molecule has 0 radical (unpaired) electrons. The Balaban J connectivity index is 1.41. The van der Waals surface area contributed by atoms with E-state index in [4.69, 9.17) is 9.15 Å². The first-order valence-corrected chi connectivity index (χ1v) is 7.71. The molecule has 0 fully saturated rings. The number of benzene rings is 1. The molecule has 0 bridgehead atoms. The zero-order valence-corrected chi connectivity index (χ0v) is 12.7. The Labute approximate surface area is 135 Å². The average Bonchev–Trinajstić information content (AvgIpc) is 3.35. The van der Waals surface area contributed by atoms with Crippen molar-refractivity contribution in [1.29, 1.82) is 0 Å². The maximum absolute atomic E-state index is 5.72. The van der Waals surface area contributed by atoms with E-state index in [0.717, 1.165) is 22.0 Å². The van der Waals surface area contributed by atoms with Crippen molar-refractivity contribution in [3.63, 3.8) is 0 Å². The standard InChI is InChI=1S/C15H11N5O2S/c1-2-14(23-7-1)15-17-11(9-22-15)8-21-13-5-3-12(4-6-13)20-10-16-18-19-20/h1-7,9-10H,8H2. The van der Waals surface area contributed by atoms with Crippen LogP contribution >= 0.6 is 11.3 Å². The molecular weight excluding hydrogens is 314 g/mol. The van der Waals surface area contributed by atoms with Crippen molar-refractivity contribution < 1.29 is 9.15 Å². The first-order chi connectivity index (χ1) is 11.4. The number of hydrogen-bond donors (Lipinski definition) is 0. The van der Waals surface area contributed by atoms with E-state index in [0.29, 0.717) is 12.5 Å². The minimum atomic E-state index is 0.346. The molecule has 4 aromatic rings. The first kappa shape index (κ1) is 13.6. The number of thiophene rings is 1. The fourth-order valence-corrected chi connectivity index (χ4v) is 2.67. The lowest BCUT2D eigenvalue weighted by Crippen LogP contribution is -1.97. The molecule has 0 saturated carbocycles. The van der Waals surface area contributed by atoms with Gasteiger partial charge >= 0.3 is 0 Å². The normalized spacial score (nSPS) is 10.8. The third kappa shape index (κ3) is 2.97. The Morgan fingerprint density at radius 2 is 2.09 bits per heavy atom. The minimum absolute atomic E-state index is 0.346. The third-order valence-corrected chi connectivity index (χ3v) is 3.98. The summed E-state index contributed by atoms with van der Waals surface area (Å²) in [7, 11) is 0. The van der Waals surface area contributed by atoms with E-state index in [1.54, 1.807) is 22.3 Å². The molecule has 7 nitrogen and oxygen atoms in total. The molecule has 23 heavy (non-hydrogen) atoms.